The van der Waals surface area contributed by atoms with Gasteiger partial charge in [-0.25, -0.2) is 13.8 Å². The molecule has 0 unspecified atom stereocenters. The first-order valence-electron chi connectivity index (χ1n) is 10.4. The molecule has 0 saturated heterocycles. The van der Waals surface area contributed by atoms with Crippen molar-refractivity contribution < 1.29 is 22.7 Å². The molecule has 8 nitrogen and oxygen atoms in total. The summed E-state index contributed by atoms with van der Waals surface area (Å²) in [7, 11) is -0.476. The number of amides is 1. The van der Waals surface area contributed by atoms with Gasteiger partial charge in [0, 0.05) is 11.1 Å². The van der Waals surface area contributed by atoms with E-state index in [9.17, 15) is 13.2 Å². The Labute approximate surface area is 199 Å². The van der Waals surface area contributed by atoms with Crippen LogP contribution in [0.2, 0.25) is 0 Å². The normalized spacial score (nSPS) is 11.3. The van der Waals surface area contributed by atoms with E-state index in [2.05, 4.69) is 10.5 Å². The van der Waals surface area contributed by atoms with Crippen LogP contribution in [-0.4, -0.2) is 41.0 Å². The summed E-state index contributed by atoms with van der Waals surface area (Å²) in [6, 6.07) is 19.2. The zero-order valence-electron chi connectivity index (χ0n) is 19.5. The van der Waals surface area contributed by atoms with Crippen LogP contribution in [0.5, 0.6) is 11.5 Å². The van der Waals surface area contributed by atoms with E-state index in [1.807, 2.05) is 31.2 Å². The average molecular weight is 482 g/mol. The van der Waals surface area contributed by atoms with E-state index in [0.717, 1.165) is 17.4 Å². The van der Waals surface area contributed by atoms with Gasteiger partial charge in [0.2, 0.25) is 10.0 Å². The Morgan fingerprint density at radius 2 is 1.71 bits per heavy atom. The van der Waals surface area contributed by atoms with Crippen LogP contribution in [0.4, 0.5) is 5.69 Å². The lowest BCUT2D eigenvalue weighted by atomic mass is 10.1. The van der Waals surface area contributed by atoms with Crippen molar-refractivity contribution in [1.82, 2.24) is 5.43 Å². The maximum atomic E-state index is 12.5. The molecule has 178 valence electrons. The lowest BCUT2D eigenvalue weighted by molar-refractivity contribution is 0.0955. The Balaban J connectivity index is 1.74. The molecule has 0 aliphatic heterocycles. The van der Waals surface area contributed by atoms with E-state index < -0.39 is 15.9 Å². The molecule has 0 radical (unpaired) electrons. The van der Waals surface area contributed by atoms with Gasteiger partial charge >= 0.3 is 0 Å². The molecule has 0 aliphatic rings. The van der Waals surface area contributed by atoms with Crippen molar-refractivity contribution >= 4 is 27.8 Å². The van der Waals surface area contributed by atoms with Gasteiger partial charge in [-0.1, -0.05) is 30.3 Å². The minimum Gasteiger partial charge on any atom is -0.493 e. The summed E-state index contributed by atoms with van der Waals surface area (Å²) in [5.41, 5.74) is 5.80. The third-order valence-corrected chi connectivity index (χ3v) is 6.34. The highest BCUT2D eigenvalue weighted by molar-refractivity contribution is 7.92. The third kappa shape index (κ3) is 5.93. The predicted molar refractivity (Wildman–Crippen MR) is 133 cm³/mol. The Kier molecular flexibility index (Phi) is 7.91. The number of carbonyl (C=O) groups is 1. The van der Waals surface area contributed by atoms with E-state index in [0.29, 0.717) is 28.3 Å². The van der Waals surface area contributed by atoms with Gasteiger partial charge in [0.1, 0.15) is 0 Å². The molecule has 0 fully saturated rings. The van der Waals surface area contributed by atoms with Crippen molar-refractivity contribution in [3.05, 3.63) is 89.0 Å². The molecule has 34 heavy (non-hydrogen) atoms. The number of para-hydroxylation sites is 1. The fourth-order valence-electron chi connectivity index (χ4n) is 3.36. The number of benzene rings is 3. The van der Waals surface area contributed by atoms with Crippen molar-refractivity contribution in [2.75, 3.05) is 24.8 Å². The van der Waals surface area contributed by atoms with Crippen LogP contribution in [0.15, 0.2) is 71.8 Å². The summed E-state index contributed by atoms with van der Waals surface area (Å²) >= 11 is 0. The molecule has 1 amide bonds. The van der Waals surface area contributed by atoms with E-state index in [1.54, 1.807) is 42.5 Å². The van der Waals surface area contributed by atoms with Crippen LogP contribution in [0.3, 0.4) is 0 Å². The molecule has 0 bridgehead atoms. The lowest BCUT2D eigenvalue weighted by Gasteiger charge is -2.23. The quantitative estimate of drug-likeness (QED) is 0.371. The van der Waals surface area contributed by atoms with Gasteiger partial charge < -0.3 is 9.47 Å². The number of carbonyl (C=O) groups excluding carboxylic acids is 1. The Bertz CT molecular complexity index is 1290. The molecule has 0 aromatic heterocycles. The number of methoxy groups -OCH3 is 2. The molecular formula is C25H27N3O5S. The Morgan fingerprint density at radius 3 is 2.32 bits per heavy atom. The van der Waals surface area contributed by atoms with Crippen LogP contribution in [0.1, 0.15) is 27.0 Å². The Hall–Kier alpha value is -3.85. The number of rotatable bonds is 9. The number of nitrogens with zero attached hydrogens (tertiary/aromatic N) is 2. The average Bonchev–Trinajstić information content (AvgIpc) is 2.82. The van der Waals surface area contributed by atoms with E-state index in [4.69, 9.17) is 9.47 Å². The summed E-state index contributed by atoms with van der Waals surface area (Å²) in [5, 5.41) is 4.00. The van der Waals surface area contributed by atoms with Gasteiger partial charge in [-0.05, 0) is 54.4 Å². The van der Waals surface area contributed by atoms with Crippen LogP contribution in [0.25, 0.3) is 0 Å². The molecule has 3 aromatic carbocycles. The van der Waals surface area contributed by atoms with Gasteiger partial charge in [0.15, 0.2) is 11.5 Å². The number of aryl methyl sites for hydroxylation is 1. The van der Waals surface area contributed by atoms with Crippen molar-refractivity contribution in [2.45, 2.75) is 13.5 Å². The minimum atomic E-state index is -3.54. The predicted octanol–water partition coefficient (Wildman–Crippen LogP) is 3.74. The number of nitrogens with one attached hydrogen (secondary N) is 1. The van der Waals surface area contributed by atoms with E-state index in [1.165, 1.54) is 24.7 Å². The standard InChI is InChI=1S/C25H27N3O5S/c1-18-8-5-6-9-21(18)17-28(34(4,30)31)22-14-12-19(13-15-22)25(29)27-26-16-20-10-7-11-23(32-2)24(20)33-3/h5-16H,17H2,1-4H3,(H,27,29)/b26-16-. The fourth-order valence-corrected chi connectivity index (χ4v) is 4.24. The highest BCUT2D eigenvalue weighted by Gasteiger charge is 2.19. The topological polar surface area (TPSA) is 97.3 Å². The van der Waals surface area contributed by atoms with Crippen LogP contribution in [-0.2, 0) is 16.6 Å². The molecule has 1 N–H and O–H groups in total. The van der Waals surface area contributed by atoms with E-state index in [-0.39, 0.29) is 6.54 Å². The van der Waals surface area contributed by atoms with Gasteiger partial charge in [-0.2, -0.15) is 5.10 Å². The SMILES string of the molecule is COc1cccc(/C=N\NC(=O)c2ccc(N(Cc3ccccc3C)S(C)(=O)=O)cc2)c1OC. The lowest BCUT2D eigenvalue weighted by Crippen LogP contribution is -2.29. The van der Waals surface area contributed by atoms with Crippen molar-refractivity contribution in [3.63, 3.8) is 0 Å². The first-order valence-corrected chi connectivity index (χ1v) is 12.3. The molecule has 0 aliphatic carbocycles. The van der Waals surface area contributed by atoms with Gasteiger partial charge in [0.25, 0.3) is 5.91 Å². The number of hydrogen-bond donors (Lipinski definition) is 1. The molecule has 3 rings (SSSR count). The van der Waals surface area contributed by atoms with Crippen LogP contribution in [0, 0.1) is 6.92 Å². The first-order chi connectivity index (χ1) is 16.2. The largest absolute Gasteiger partial charge is 0.493 e. The number of ether oxygens (including phenoxy) is 2. The highest BCUT2D eigenvalue weighted by atomic mass is 32.2. The van der Waals surface area contributed by atoms with Gasteiger partial charge in [0.05, 0.1) is 38.9 Å². The second-order valence-corrected chi connectivity index (χ2v) is 9.43. The number of anilines is 1. The monoisotopic (exact) mass is 481 g/mol. The summed E-state index contributed by atoms with van der Waals surface area (Å²) in [5.74, 6) is 0.617. The second kappa shape index (κ2) is 10.8. The second-order valence-electron chi connectivity index (χ2n) is 7.52. The highest BCUT2D eigenvalue weighted by Crippen LogP contribution is 2.29. The summed E-state index contributed by atoms with van der Waals surface area (Å²) in [6.07, 6.45) is 2.62. The summed E-state index contributed by atoms with van der Waals surface area (Å²) in [6.45, 7) is 2.13. The molecule has 0 atom stereocenters. The zero-order valence-corrected chi connectivity index (χ0v) is 20.3. The summed E-state index contributed by atoms with van der Waals surface area (Å²) in [4.78, 5) is 12.5. The van der Waals surface area contributed by atoms with Crippen LogP contribution < -0.4 is 19.2 Å². The van der Waals surface area contributed by atoms with Gasteiger partial charge in [-0.3, -0.25) is 9.10 Å². The number of hydrogen-bond acceptors (Lipinski definition) is 6. The summed E-state index contributed by atoms with van der Waals surface area (Å²) < 4.78 is 36.8. The zero-order chi connectivity index (χ0) is 24.7. The molecule has 3 aromatic rings. The number of hydrazone groups is 1. The molecule has 0 spiro atoms. The molecular weight excluding hydrogens is 454 g/mol. The van der Waals surface area contributed by atoms with Crippen LogP contribution >= 0.6 is 0 Å². The van der Waals surface area contributed by atoms with Gasteiger partial charge in [-0.15, -0.1) is 0 Å². The Morgan fingerprint density at radius 1 is 1.00 bits per heavy atom. The smallest absolute Gasteiger partial charge is 0.271 e. The van der Waals surface area contributed by atoms with E-state index >= 15 is 0 Å². The van der Waals surface area contributed by atoms with Crippen molar-refractivity contribution in [2.24, 2.45) is 5.10 Å². The van der Waals surface area contributed by atoms with Crippen molar-refractivity contribution in [3.8, 4) is 11.5 Å². The fraction of sp³-hybridized carbons (Fsp3) is 0.200. The third-order valence-electron chi connectivity index (χ3n) is 5.20. The first kappa shape index (κ1) is 24.8. The number of sulfonamides is 1. The molecule has 0 saturated carbocycles. The van der Waals surface area contributed by atoms with Crippen molar-refractivity contribution in [1.29, 1.82) is 0 Å². The maximum absolute atomic E-state index is 12.5. The maximum Gasteiger partial charge on any atom is 0.271 e. The minimum absolute atomic E-state index is 0.198. The molecule has 9 heteroatoms. The molecule has 0 heterocycles.